The lowest BCUT2D eigenvalue weighted by Gasteiger charge is -2.34. The number of ether oxygens (including phenoxy) is 1. The molecule has 0 spiro atoms. The summed E-state index contributed by atoms with van der Waals surface area (Å²) in [6, 6.07) is 17.1. The standard InChI is InChI=1S/C20H26N2O/c1-3-23-20-11-7-6-10-19(20)22-14-12-21(13-15-22)16-18-9-5-4-8-17(18)2/h4-11H,3,12-16H2,1-2H3/p+1. The van der Waals surface area contributed by atoms with E-state index < -0.39 is 0 Å². The molecule has 0 aromatic heterocycles. The average molecular weight is 311 g/mol. The normalized spacial score (nSPS) is 15.7. The third-order valence-corrected chi connectivity index (χ3v) is 4.68. The van der Waals surface area contributed by atoms with Gasteiger partial charge in [0.2, 0.25) is 0 Å². The van der Waals surface area contributed by atoms with Gasteiger partial charge in [0.25, 0.3) is 0 Å². The summed E-state index contributed by atoms with van der Waals surface area (Å²) in [6.07, 6.45) is 0. The second kappa shape index (κ2) is 7.51. The largest absolute Gasteiger partial charge is 0.492 e. The fourth-order valence-corrected chi connectivity index (χ4v) is 3.31. The van der Waals surface area contributed by atoms with E-state index in [9.17, 15) is 0 Å². The van der Waals surface area contributed by atoms with Crippen LogP contribution in [0.5, 0.6) is 5.75 Å². The molecule has 2 aromatic carbocycles. The summed E-state index contributed by atoms with van der Waals surface area (Å²) in [5.74, 6) is 1.01. The van der Waals surface area contributed by atoms with Crippen molar-refractivity contribution in [3.05, 3.63) is 59.7 Å². The van der Waals surface area contributed by atoms with Crippen LogP contribution in [0.4, 0.5) is 5.69 Å². The number of anilines is 1. The lowest BCUT2D eigenvalue weighted by Crippen LogP contribution is -3.13. The monoisotopic (exact) mass is 311 g/mol. The van der Waals surface area contributed by atoms with Gasteiger partial charge < -0.3 is 14.5 Å². The second-order valence-corrected chi connectivity index (χ2v) is 6.24. The quantitative estimate of drug-likeness (QED) is 0.912. The van der Waals surface area contributed by atoms with Gasteiger partial charge in [-0.05, 0) is 31.5 Å². The molecule has 0 unspecified atom stereocenters. The van der Waals surface area contributed by atoms with E-state index in [0.717, 1.165) is 32.0 Å². The highest BCUT2D eigenvalue weighted by Gasteiger charge is 2.22. The molecule has 1 saturated heterocycles. The van der Waals surface area contributed by atoms with Crippen molar-refractivity contribution in [1.82, 2.24) is 0 Å². The Bertz CT molecular complexity index is 633. The Labute approximate surface area is 139 Å². The lowest BCUT2D eigenvalue weighted by atomic mass is 10.1. The summed E-state index contributed by atoms with van der Waals surface area (Å²) in [5.41, 5.74) is 4.12. The zero-order valence-electron chi connectivity index (χ0n) is 14.2. The van der Waals surface area contributed by atoms with Gasteiger partial charge in [-0.2, -0.15) is 0 Å². The van der Waals surface area contributed by atoms with E-state index in [2.05, 4.69) is 54.3 Å². The molecule has 2 aromatic rings. The molecule has 0 bridgehead atoms. The van der Waals surface area contributed by atoms with Crippen molar-refractivity contribution in [1.29, 1.82) is 0 Å². The molecule has 0 saturated carbocycles. The van der Waals surface area contributed by atoms with Crippen LogP contribution >= 0.6 is 0 Å². The summed E-state index contributed by atoms with van der Waals surface area (Å²) in [7, 11) is 0. The predicted molar refractivity (Wildman–Crippen MR) is 95.4 cm³/mol. The molecule has 1 aliphatic rings. The molecule has 3 heteroatoms. The molecular formula is C20H27N2O+. The van der Waals surface area contributed by atoms with Crippen molar-refractivity contribution in [2.75, 3.05) is 37.7 Å². The van der Waals surface area contributed by atoms with E-state index >= 15 is 0 Å². The Kier molecular flexibility index (Phi) is 5.19. The van der Waals surface area contributed by atoms with Crippen molar-refractivity contribution < 1.29 is 9.64 Å². The highest BCUT2D eigenvalue weighted by molar-refractivity contribution is 5.58. The topological polar surface area (TPSA) is 16.9 Å². The minimum atomic E-state index is 0.718. The number of aryl methyl sites for hydroxylation is 1. The highest BCUT2D eigenvalue weighted by Crippen LogP contribution is 2.27. The van der Waals surface area contributed by atoms with Crippen LogP contribution in [-0.4, -0.2) is 32.8 Å². The van der Waals surface area contributed by atoms with Crippen LogP contribution in [0.25, 0.3) is 0 Å². The molecule has 1 heterocycles. The van der Waals surface area contributed by atoms with Crippen LogP contribution < -0.4 is 14.5 Å². The lowest BCUT2D eigenvalue weighted by molar-refractivity contribution is -0.914. The molecule has 1 N–H and O–H groups in total. The first-order valence-electron chi connectivity index (χ1n) is 8.62. The molecule has 0 atom stereocenters. The first-order valence-corrected chi connectivity index (χ1v) is 8.62. The summed E-state index contributed by atoms with van der Waals surface area (Å²) in [4.78, 5) is 4.14. The van der Waals surface area contributed by atoms with Crippen LogP contribution in [-0.2, 0) is 6.54 Å². The SMILES string of the molecule is CCOc1ccccc1N1CC[NH+](Cc2ccccc2C)CC1. The van der Waals surface area contributed by atoms with Gasteiger partial charge in [-0.3, -0.25) is 0 Å². The molecule has 0 radical (unpaired) electrons. The summed E-state index contributed by atoms with van der Waals surface area (Å²) < 4.78 is 5.78. The van der Waals surface area contributed by atoms with E-state index in [1.54, 1.807) is 4.90 Å². The number of quaternary nitrogens is 1. The summed E-state index contributed by atoms with van der Waals surface area (Å²) in [6.45, 7) is 10.6. The number of nitrogens with one attached hydrogen (secondary N) is 1. The molecule has 1 aliphatic heterocycles. The first-order chi connectivity index (χ1) is 11.3. The van der Waals surface area contributed by atoms with E-state index in [1.165, 1.54) is 29.9 Å². The van der Waals surface area contributed by atoms with E-state index in [4.69, 9.17) is 4.74 Å². The molecule has 0 amide bonds. The van der Waals surface area contributed by atoms with Crippen molar-refractivity contribution in [2.24, 2.45) is 0 Å². The third-order valence-electron chi connectivity index (χ3n) is 4.68. The fourth-order valence-electron chi connectivity index (χ4n) is 3.31. The Morgan fingerprint density at radius 3 is 2.43 bits per heavy atom. The Morgan fingerprint density at radius 1 is 1.00 bits per heavy atom. The molecule has 23 heavy (non-hydrogen) atoms. The minimum absolute atomic E-state index is 0.718. The molecule has 3 rings (SSSR count). The van der Waals surface area contributed by atoms with E-state index in [0.29, 0.717) is 0 Å². The van der Waals surface area contributed by atoms with Gasteiger partial charge in [-0.25, -0.2) is 0 Å². The number of nitrogens with zero attached hydrogens (tertiary/aromatic N) is 1. The molecule has 3 nitrogen and oxygen atoms in total. The zero-order valence-corrected chi connectivity index (χ0v) is 14.2. The van der Waals surface area contributed by atoms with Gasteiger partial charge in [0.05, 0.1) is 38.5 Å². The first kappa shape index (κ1) is 15.9. The van der Waals surface area contributed by atoms with E-state index in [-0.39, 0.29) is 0 Å². The maximum atomic E-state index is 5.78. The maximum absolute atomic E-state index is 5.78. The van der Waals surface area contributed by atoms with Crippen molar-refractivity contribution in [3.63, 3.8) is 0 Å². The predicted octanol–water partition coefficient (Wildman–Crippen LogP) is 2.30. The van der Waals surface area contributed by atoms with Gasteiger partial charge in [0, 0.05) is 5.56 Å². The van der Waals surface area contributed by atoms with Gasteiger partial charge in [0.1, 0.15) is 12.3 Å². The van der Waals surface area contributed by atoms with Gasteiger partial charge >= 0.3 is 0 Å². The second-order valence-electron chi connectivity index (χ2n) is 6.24. The zero-order chi connectivity index (χ0) is 16.1. The number of piperazine rings is 1. The molecule has 122 valence electrons. The molecule has 0 aliphatic carbocycles. The van der Waals surface area contributed by atoms with Crippen molar-refractivity contribution in [3.8, 4) is 5.75 Å². The van der Waals surface area contributed by atoms with Gasteiger partial charge in [-0.15, -0.1) is 0 Å². The maximum Gasteiger partial charge on any atom is 0.142 e. The van der Waals surface area contributed by atoms with Crippen LogP contribution in [0, 0.1) is 6.92 Å². The number of benzene rings is 2. The molecule has 1 fully saturated rings. The van der Waals surface area contributed by atoms with Crippen molar-refractivity contribution >= 4 is 5.69 Å². The Morgan fingerprint density at radius 2 is 1.70 bits per heavy atom. The third kappa shape index (κ3) is 3.85. The van der Waals surface area contributed by atoms with Gasteiger partial charge in [-0.1, -0.05) is 36.4 Å². The highest BCUT2D eigenvalue weighted by atomic mass is 16.5. The van der Waals surface area contributed by atoms with Gasteiger partial charge in [0.15, 0.2) is 0 Å². The number of hydrogen-bond acceptors (Lipinski definition) is 2. The molecular weight excluding hydrogens is 284 g/mol. The minimum Gasteiger partial charge on any atom is -0.492 e. The average Bonchev–Trinajstić information content (AvgIpc) is 2.59. The Hall–Kier alpha value is -2.00. The van der Waals surface area contributed by atoms with Crippen LogP contribution in [0.15, 0.2) is 48.5 Å². The fraction of sp³-hybridized carbons (Fsp3) is 0.400. The summed E-state index contributed by atoms with van der Waals surface area (Å²) >= 11 is 0. The number of hydrogen-bond donors (Lipinski definition) is 1. The summed E-state index contributed by atoms with van der Waals surface area (Å²) in [5, 5.41) is 0. The van der Waals surface area contributed by atoms with Crippen LogP contribution in [0.2, 0.25) is 0 Å². The van der Waals surface area contributed by atoms with Crippen LogP contribution in [0.3, 0.4) is 0 Å². The van der Waals surface area contributed by atoms with Crippen molar-refractivity contribution in [2.45, 2.75) is 20.4 Å². The number of rotatable bonds is 5. The van der Waals surface area contributed by atoms with E-state index in [1.807, 2.05) is 13.0 Å². The Balaban J connectivity index is 1.62. The smallest absolute Gasteiger partial charge is 0.142 e. The van der Waals surface area contributed by atoms with Crippen LogP contribution in [0.1, 0.15) is 18.1 Å². The number of para-hydroxylation sites is 2.